The summed E-state index contributed by atoms with van der Waals surface area (Å²) in [6.07, 6.45) is 5.13. The Balaban J connectivity index is 1.52. The predicted molar refractivity (Wildman–Crippen MR) is 147 cm³/mol. The molecule has 1 N–H and O–H groups in total. The molecule has 0 saturated carbocycles. The van der Waals surface area contributed by atoms with Gasteiger partial charge in [0.05, 0.1) is 34.9 Å². The van der Waals surface area contributed by atoms with Crippen LogP contribution in [-0.4, -0.2) is 78.1 Å². The first-order valence-electron chi connectivity index (χ1n) is 13.3. The maximum atomic E-state index is 12.7. The zero-order chi connectivity index (χ0) is 26.2. The normalized spacial score (nSPS) is 19.2. The molecule has 1 saturated heterocycles. The number of rotatable bonds is 8. The second kappa shape index (κ2) is 10.7. The SMILES string of the molecule is CC(C)S(=O)(=O)NCc1c(CN(C)[C@H]2CCCc3cccnc32)nc2cccc(N3CCN(C)CC3)n12. The van der Waals surface area contributed by atoms with Crippen LogP contribution in [0.4, 0.5) is 5.82 Å². The zero-order valence-corrected chi connectivity index (χ0v) is 23.2. The van der Waals surface area contributed by atoms with Gasteiger partial charge in [0, 0.05) is 38.9 Å². The van der Waals surface area contributed by atoms with E-state index in [-0.39, 0.29) is 12.6 Å². The fourth-order valence-corrected chi connectivity index (χ4v) is 6.14. The van der Waals surface area contributed by atoms with E-state index in [1.807, 2.05) is 24.4 Å². The van der Waals surface area contributed by atoms with E-state index in [0.29, 0.717) is 6.54 Å². The molecule has 4 heterocycles. The highest BCUT2D eigenvalue weighted by atomic mass is 32.2. The fourth-order valence-electron chi connectivity index (χ4n) is 5.47. The van der Waals surface area contributed by atoms with Crippen LogP contribution in [0.2, 0.25) is 0 Å². The first-order chi connectivity index (χ1) is 17.7. The molecule has 0 amide bonds. The van der Waals surface area contributed by atoms with E-state index < -0.39 is 15.3 Å². The van der Waals surface area contributed by atoms with Gasteiger partial charge in [0.1, 0.15) is 11.5 Å². The van der Waals surface area contributed by atoms with Crippen LogP contribution in [0.3, 0.4) is 0 Å². The summed E-state index contributed by atoms with van der Waals surface area (Å²) in [5.41, 5.74) is 5.13. The van der Waals surface area contributed by atoms with Crippen LogP contribution >= 0.6 is 0 Å². The number of nitrogens with zero attached hydrogens (tertiary/aromatic N) is 6. The van der Waals surface area contributed by atoms with Crippen LogP contribution in [0.15, 0.2) is 36.5 Å². The average Bonchev–Trinajstić information content (AvgIpc) is 3.24. The van der Waals surface area contributed by atoms with Gasteiger partial charge in [0.25, 0.3) is 0 Å². The summed E-state index contributed by atoms with van der Waals surface area (Å²) in [5.74, 6) is 1.07. The van der Waals surface area contributed by atoms with E-state index in [9.17, 15) is 8.42 Å². The van der Waals surface area contributed by atoms with Crippen LogP contribution in [0.1, 0.15) is 55.4 Å². The molecule has 1 fully saturated rings. The van der Waals surface area contributed by atoms with Gasteiger partial charge in [0.2, 0.25) is 10.0 Å². The third kappa shape index (κ3) is 5.38. The summed E-state index contributed by atoms with van der Waals surface area (Å²) in [6.45, 7) is 8.05. The molecule has 10 heteroatoms. The molecule has 0 unspecified atom stereocenters. The van der Waals surface area contributed by atoms with Crippen LogP contribution in [0.5, 0.6) is 0 Å². The molecular formula is C27H39N7O2S. The number of anilines is 1. The van der Waals surface area contributed by atoms with E-state index in [1.54, 1.807) is 13.8 Å². The van der Waals surface area contributed by atoms with Gasteiger partial charge in [-0.2, -0.15) is 0 Å². The molecule has 9 nitrogen and oxygen atoms in total. The van der Waals surface area contributed by atoms with Gasteiger partial charge < -0.3 is 9.80 Å². The van der Waals surface area contributed by atoms with Gasteiger partial charge in [-0.1, -0.05) is 12.1 Å². The largest absolute Gasteiger partial charge is 0.355 e. The molecule has 3 aromatic heterocycles. The number of likely N-dealkylation sites (N-methyl/N-ethyl adjacent to an activating group) is 1. The molecule has 5 rings (SSSR count). The Morgan fingerprint density at radius 2 is 1.92 bits per heavy atom. The lowest BCUT2D eigenvalue weighted by molar-refractivity contribution is 0.206. The van der Waals surface area contributed by atoms with Crippen molar-refractivity contribution in [2.45, 2.75) is 57.5 Å². The molecule has 200 valence electrons. The molecule has 0 bridgehead atoms. The number of aryl methyl sites for hydroxylation is 1. The Morgan fingerprint density at radius 3 is 2.68 bits per heavy atom. The number of hydrogen-bond donors (Lipinski definition) is 1. The highest BCUT2D eigenvalue weighted by Crippen LogP contribution is 2.33. The molecule has 1 aliphatic heterocycles. The van der Waals surface area contributed by atoms with Gasteiger partial charge in [-0.25, -0.2) is 18.1 Å². The Hall–Kier alpha value is -2.53. The van der Waals surface area contributed by atoms with Gasteiger partial charge in [0.15, 0.2) is 0 Å². The monoisotopic (exact) mass is 525 g/mol. The van der Waals surface area contributed by atoms with Crippen molar-refractivity contribution >= 4 is 21.5 Å². The Bertz CT molecular complexity index is 1350. The summed E-state index contributed by atoms with van der Waals surface area (Å²) >= 11 is 0. The molecule has 37 heavy (non-hydrogen) atoms. The van der Waals surface area contributed by atoms with Gasteiger partial charge in [-0.15, -0.1) is 0 Å². The van der Waals surface area contributed by atoms with E-state index in [0.717, 1.165) is 74.0 Å². The maximum absolute atomic E-state index is 12.7. The number of aromatic nitrogens is 3. The summed E-state index contributed by atoms with van der Waals surface area (Å²) < 4.78 is 30.5. The zero-order valence-electron chi connectivity index (χ0n) is 22.4. The average molecular weight is 526 g/mol. The standard InChI is InChI=1S/C27H39N7O2S/c1-20(2)37(35,36)29-18-24-22(19-32(4)23-10-5-8-21-9-7-13-28-27(21)23)30-25-11-6-12-26(34(24)25)33-16-14-31(3)15-17-33/h6-7,9,11-13,20,23,29H,5,8,10,14-19H2,1-4H3/t23-/m0/s1. The Morgan fingerprint density at radius 1 is 1.14 bits per heavy atom. The first-order valence-corrected chi connectivity index (χ1v) is 14.8. The highest BCUT2D eigenvalue weighted by Gasteiger charge is 2.28. The van der Waals surface area contributed by atoms with Crippen LogP contribution in [0, 0.1) is 0 Å². The summed E-state index contributed by atoms with van der Waals surface area (Å²) in [7, 11) is 0.845. The minimum atomic E-state index is -3.43. The van der Waals surface area contributed by atoms with Crippen molar-refractivity contribution in [3.05, 3.63) is 59.2 Å². The second-order valence-corrected chi connectivity index (χ2v) is 13.0. The summed E-state index contributed by atoms with van der Waals surface area (Å²) in [5, 5.41) is -0.500. The number of sulfonamides is 1. The van der Waals surface area contributed by atoms with Crippen molar-refractivity contribution in [2.24, 2.45) is 0 Å². The number of fused-ring (bicyclic) bond motifs is 2. The predicted octanol–water partition coefficient (Wildman–Crippen LogP) is 2.82. The second-order valence-electron chi connectivity index (χ2n) is 10.7. The third-order valence-corrected chi connectivity index (χ3v) is 9.57. The smallest absolute Gasteiger partial charge is 0.214 e. The minimum Gasteiger partial charge on any atom is -0.355 e. The topological polar surface area (TPSA) is 86.1 Å². The first kappa shape index (κ1) is 26.1. The van der Waals surface area contributed by atoms with Crippen LogP contribution < -0.4 is 9.62 Å². The third-order valence-electron chi connectivity index (χ3n) is 7.79. The lowest BCUT2D eigenvalue weighted by atomic mass is 9.91. The van der Waals surface area contributed by atoms with E-state index in [2.05, 4.69) is 50.1 Å². The lowest BCUT2D eigenvalue weighted by Gasteiger charge is -2.34. The number of hydrogen-bond acceptors (Lipinski definition) is 7. The number of nitrogens with one attached hydrogen (secondary N) is 1. The molecular weight excluding hydrogens is 486 g/mol. The fraction of sp³-hybridized carbons (Fsp3) is 0.556. The summed E-state index contributed by atoms with van der Waals surface area (Å²) in [6, 6.07) is 10.6. The molecule has 0 spiro atoms. The number of imidazole rings is 1. The Kier molecular flexibility index (Phi) is 7.53. The summed E-state index contributed by atoms with van der Waals surface area (Å²) in [4.78, 5) is 16.8. The lowest BCUT2D eigenvalue weighted by Crippen LogP contribution is -2.45. The highest BCUT2D eigenvalue weighted by molar-refractivity contribution is 7.90. The van der Waals surface area contributed by atoms with Crippen molar-refractivity contribution < 1.29 is 8.42 Å². The van der Waals surface area contributed by atoms with Crippen molar-refractivity contribution in [3.63, 3.8) is 0 Å². The molecule has 2 aliphatic rings. The molecule has 0 aromatic carbocycles. The van der Waals surface area contributed by atoms with E-state index in [1.165, 1.54) is 5.56 Å². The molecule has 0 radical (unpaired) electrons. The quantitative estimate of drug-likeness (QED) is 0.484. The minimum absolute atomic E-state index is 0.203. The van der Waals surface area contributed by atoms with Crippen molar-refractivity contribution in [1.29, 1.82) is 0 Å². The van der Waals surface area contributed by atoms with E-state index in [4.69, 9.17) is 9.97 Å². The van der Waals surface area contributed by atoms with Crippen LogP contribution in [0.25, 0.3) is 5.65 Å². The van der Waals surface area contributed by atoms with Gasteiger partial charge >= 0.3 is 0 Å². The number of pyridine rings is 2. The van der Waals surface area contributed by atoms with Gasteiger partial charge in [-0.3, -0.25) is 14.3 Å². The van der Waals surface area contributed by atoms with Crippen molar-refractivity contribution in [2.75, 3.05) is 45.2 Å². The molecule has 3 aromatic rings. The molecule has 1 aliphatic carbocycles. The number of piperazine rings is 1. The van der Waals surface area contributed by atoms with Gasteiger partial charge in [-0.05, 0) is 71.0 Å². The van der Waals surface area contributed by atoms with Crippen LogP contribution in [-0.2, 0) is 29.5 Å². The van der Waals surface area contributed by atoms with Crippen molar-refractivity contribution in [3.8, 4) is 0 Å². The Labute approximate surface area is 220 Å². The maximum Gasteiger partial charge on any atom is 0.214 e. The van der Waals surface area contributed by atoms with Crippen molar-refractivity contribution in [1.82, 2.24) is 28.9 Å². The van der Waals surface area contributed by atoms with E-state index >= 15 is 0 Å². The molecule has 1 atom stereocenters.